The van der Waals surface area contributed by atoms with Crippen molar-refractivity contribution in [1.29, 1.82) is 0 Å². The Hall–Kier alpha value is -4.73. The number of ether oxygens (including phenoxy) is 1. The van der Waals surface area contributed by atoms with Crippen molar-refractivity contribution in [3.05, 3.63) is 97.8 Å². The molecule has 40 heavy (non-hydrogen) atoms. The number of H-pyrrole nitrogens is 1. The maximum Gasteiger partial charge on any atom is 0.339 e. The number of nitrogens with zero attached hydrogens (tertiary/aromatic N) is 3. The van der Waals surface area contributed by atoms with Crippen molar-refractivity contribution in [2.24, 2.45) is 5.92 Å². The summed E-state index contributed by atoms with van der Waals surface area (Å²) in [6.45, 7) is 3.37. The lowest BCUT2D eigenvalue weighted by atomic mass is 9.84. The Morgan fingerprint density at radius 3 is 2.60 bits per heavy atom. The number of aryl methyl sites for hydroxylation is 1. The first-order valence-electron chi connectivity index (χ1n) is 13.3. The number of benzene rings is 2. The van der Waals surface area contributed by atoms with Crippen LogP contribution >= 0.6 is 0 Å². The molecule has 0 radical (unpaired) electrons. The number of carbonyl (C=O) groups is 2. The Kier molecular flexibility index (Phi) is 7.50. The summed E-state index contributed by atoms with van der Waals surface area (Å²) in [6, 6.07) is 16.5. The van der Waals surface area contributed by atoms with Crippen molar-refractivity contribution in [2.45, 2.75) is 39.7 Å². The predicted octanol–water partition coefficient (Wildman–Crippen LogP) is 3.05. The molecule has 2 heterocycles. The first-order valence-corrected chi connectivity index (χ1v) is 13.3. The minimum absolute atomic E-state index is 0.0678. The first kappa shape index (κ1) is 26.9. The van der Waals surface area contributed by atoms with Crippen molar-refractivity contribution in [2.75, 3.05) is 23.8 Å². The molecule has 206 valence electrons. The number of nitrogen functional groups attached to an aromatic ring is 1. The van der Waals surface area contributed by atoms with Crippen LogP contribution < -0.4 is 21.9 Å². The van der Waals surface area contributed by atoms with Crippen LogP contribution in [-0.4, -0.2) is 39.6 Å². The highest BCUT2D eigenvalue weighted by Gasteiger charge is 2.28. The molecule has 3 N–H and O–H groups in total. The van der Waals surface area contributed by atoms with E-state index in [1.807, 2.05) is 54.6 Å². The highest BCUT2D eigenvalue weighted by Crippen LogP contribution is 2.32. The molecule has 5 rings (SSSR count). The summed E-state index contributed by atoms with van der Waals surface area (Å²) in [4.78, 5) is 60.3. The highest BCUT2D eigenvalue weighted by molar-refractivity contribution is 6.06. The van der Waals surface area contributed by atoms with Crippen LogP contribution in [0.15, 0.2) is 64.2 Å². The van der Waals surface area contributed by atoms with Crippen molar-refractivity contribution < 1.29 is 14.3 Å². The molecule has 0 saturated carbocycles. The van der Waals surface area contributed by atoms with Gasteiger partial charge in [-0.2, -0.15) is 0 Å². The minimum Gasteiger partial charge on any atom is -0.452 e. The van der Waals surface area contributed by atoms with Gasteiger partial charge in [0.25, 0.3) is 11.5 Å². The van der Waals surface area contributed by atoms with Crippen LogP contribution in [0.5, 0.6) is 0 Å². The topological polar surface area (TPSA) is 140 Å². The van der Waals surface area contributed by atoms with Crippen LogP contribution in [0.1, 0.15) is 47.4 Å². The molecule has 0 spiro atoms. The largest absolute Gasteiger partial charge is 0.452 e. The highest BCUT2D eigenvalue weighted by atomic mass is 16.5. The van der Waals surface area contributed by atoms with Crippen LogP contribution in [0.25, 0.3) is 10.9 Å². The summed E-state index contributed by atoms with van der Waals surface area (Å²) in [6.07, 6.45) is 2.45. The number of nitrogens with two attached hydrogens (primary N) is 1. The number of aromatic nitrogens is 3. The minimum atomic E-state index is -0.795. The fourth-order valence-corrected chi connectivity index (χ4v) is 5.29. The summed E-state index contributed by atoms with van der Waals surface area (Å²) >= 11 is 0. The second kappa shape index (κ2) is 11.2. The molecule has 10 nitrogen and oxygen atoms in total. The predicted molar refractivity (Wildman–Crippen MR) is 153 cm³/mol. The zero-order chi connectivity index (χ0) is 28.4. The molecule has 2 aromatic carbocycles. The van der Waals surface area contributed by atoms with Crippen molar-refractivity contribution >= 4 is 34.3 Å². The number of hydrogen-bond acceptors (Lipinski definition) is 7. The Bertz CT molecular complexity index is 1710. The third-order valence-corrected chi connectivity index (χ3v) is 7.32. The Morgan fingerprint density at radius 1 is 1.12 bits per heavy atom. The molecule has 0 unspecified atom stereocenters. The van der Waals surface area contributed by atoms with E-state index in [2.05, 4.69) is 11.9 Å². The summed E-state index contributed by atoms with van der Waals surface area (Å²) < 4.78 is 6.75. The van der Waals surface area contributed by atoms with Crippen LogP contribution in [-0.2, 0) is 28.9 Å². The van der Waals surface area contributed by atoms with E-state index in [4.69, 9.17) is 15.5 Å². The number of aromatic amines is 1. The summed E-state index contributed by atoms with van der Waals surface area (Å²) in [5.74, 6) is -1.02. The van der Waals surface area contributed by atoms with Crippen molar-refractivity contribution in [3.63, 3.8) is 0 Å². The number of amides is 1. The van der Waals surface area contributed by atoms with Gasteiger partial charge in [0.2, 0.25) is 0 Å². The van der Waals surface area contributed by atoms with Crippen molar-refractivity contribution in [1.82, 2.24) is 14.5 Å². The number of esters is 1. The number of rotatable bonds is 7. The zero-order valence-electron chi connectivity index (χ0n) is 22.5. The second-order valence-corrected chi connectivity index (χ2v) is 10.1. The fraction of sp³-hybridized carbons (Fsp3) is 0.300. The number of anilines is 2. The summed E-state index contributed by atoms with van der Waals surface area (Å²) in [5.41, 5.74) is 8.29. The lowest BCUT2D eigenvalue weighted by Gasteiger charge is -2.25. The van der Waals surface area contributed by atoms with Gasteiger partial charge in [-0.05, 0) is 49.3 Å². The maximum absolute atomic E-state index is 13.5. The Balaban J connectivity index is 1.43. The third kappa shape index (κ3) is 5.12. The van der Waals surface area contributed by atoms with Crippen LogP contribution in [0, 0.1) is 5.92 Å². The van der Waals surface area contributed by atoms with Gasteiger partial charge in [0.05, 0.1) is 17.6 Å². The second-order valence-electron chi connectivity index (χ2n) is 10.1. The Labute approximate surface area is 230 Å². The Morgan fingerprint density at radius 2 is 1.85 bits per heavy atom. The van der Waals surface area contributed by atoms with Gasteiger partial charge in [0.15, 0.2) is 12.3 Å². The van der Waals surface area contributed by atoms with Gasteiger partial charge >= 0.3 is 11.7 Å². The van der Waals surface area contributed by atoms with Crippen LogP contribution in [0.4, 0.5) is 11.5 Å². The van der Waals surface area contributed by atoms with E-state index >= 15 is 0 Å². The van der Waals surface area contributed by atoms with Gasteiger partial charge in [0, 0.05) is 17.6 Å². The van der Waals surface area contributed by atoms with Crippen LogP contribution in [0.3, 0.4) is 0 Å². The molecular weight excluding hydrogens is 510 g/mol. The van der Waals surface area contributed by atoms with E-state index in [9.17, 15) is 19.2 Å². The maximum atomic E-state index is 13.5. The number of pyridine rings is 1. The summed E-state index contributed by atoms with van der Waals surface area (Å²) in [5, 5.41) is 0.675. The lowest BCUT2D eigenvalue weighted by Crippen LogP contribution is -2.42. The van der Waals surface area contributed by atoms with Gasteiger partial charge < -0.3 is 15.4 Å². The monoisotopic (exact) mass is 541 g/mol. The molecule has 1 aliphatic rings. The first-order chi connectivity index (χ1) is 19.3. The van der Waals surface area contributed by atoms with E-state index in [-0.39, 0.29) is 24.6 Å². The smallest absolute Gasteiger partial charge is 0.339 e. The number of carbonyl (C=O) groups excluding carboxylic acids is 2. The average Bonchev–Trinajstić information content (AvgIpc) is 2.95. The summed E-state index contributed by atoms with van der Waals surface area (Å²) in [7, 11) is 0. The van der Waals surface area contributed by atoms with Crippen LogP contribution in [0.2, 0.25) is 0 Å². The van der Waals surface area contributed by atoms with Crippen molar-refractivity contribution in [3.8, 4) is 0 Å². The van der Waals surface area contributed by atoms with Gasteiger partial charge in [-0.3, -0.25) is 24.1 Å². The lowest BCUT2D eigenvalue weighted by molar-refractivity contribution is -0.121. The number of hydrogen-bond donors (Lipinski definition) is 2. The zero-order valence-corrected chi connectivity index (χ0v) is 22.5. The van der Waals surface area contributed by atoms with Gasteiger partial charge in [-0.15, -0.1) is 0 Å². The SMILES string of the molecule is CCN(C(=O)COC(=O)c1c2c(nc3ccccc13)CC[C@H](C)C2)c1c(N)n(Cc2ccccc2)c(=O)[nH]c1=O. The van der Waals surface area contributed by atoms with E-state index in [0.717, 1.165) is 34.6 Å². The van der Waals surface area contributed by atoms with E-state index in [1.165, 1.54) is 4.57 Å². The van der Waals surface area contributed by atoms with E-state index in [0.29, 0.717) is 28.8 Å². The van der Waals surface area contributed by atoms with Gasteiger partial charge in [-0.25, -0.2) is 9.59 Å². The van der Waals surface area contributed by atoms with Gasteiger partial charge in [0.1, 0.15) is 5.82 Å². The average molecular weight is 542 g/mol. The molecule has 1 aliphatic carbocycles. The molecule has 0 saturated heterocycles. The number of nitrogens with one attached hydrogen (secondary N) is 1. The number of fused-ring (bicyclic) bond motifs is 2. The molecular formula is C30H31N5O5. The quantitative estimate of drug-likeness (QED) is 0.343. The number of likely N-dealkylation sites (N-methyl/N-ethyl adjacent to an activating group) is 1. The molecule has 4 aromatic rings. The number of para-hydroxylation sites is 1. The molecule has 0 fully saturated rings. The molecule has 0 bridgehead atoms. The van der Waals surface area contributed by atoms with E-state index in [1.54, 1.807) is 6.92 Å². The third-order valence-electron chi connectivity index (χ3n) is 7.32. The van der Waals surface area contributed by atoms with E-state index < -0.39 is 29.7 Å². The molecule has 0 aliphatic heterocycles. The fourth-order valence-electron chi connectivity index (χ4n) is 5.29. The van der Waals surface area contributed by atoms with Gasteiger partial charge in [-0.1, -0.05) is 55.5 Å². The standard InChI is InChI=1S/C30H31N5O5/c1-3-34(26-27(31)35(30(39)33-28(26)37)16-19-9-5-4-6-10-19)24(36)17-40-29(38)25-20-11-7-8-12-22(20)32-23-14-13-18(2)15-21(23)25/h4-12,18H,3,13-17,31H2,1-2H3,(H,33,37,39)/t18-/m0/s1. The molecule has 10 heteroatoms. The molecule has 1 atom stereocenters. The molecule has 2 aromatic heterocycles. The normalized spacial score (nSPS) is 14.5. The molecule has 1 amide bonds.